The first kappa shape index (κ1) is 16.0. The van der Waals surface area contributed by atoms with Gasteiger partial charge in [-0.3, -0.25) is 0 Å². The van der Waals surface area contributed by atoms with Crippen molar-refractivity contribution in [1.82, 2.24) is 0 Å². The van der Waals surface area contributed by atoms with Crippen molar-refractivity contribution in [2.45, 2.75) is 58.9 Å². The van der Waals surface area contributed by atoms with Crippen molar-refractivity contribution in [3.63, 3.8) is 0 Å². The first-order valence-electron chi connectivity index (χ1n) is 7.58. The van der Waals surface area contributed by atoms with Gasteiger partial charge >= 0.3 is 0 Å². The average molecular weight is 314 g/mol. The molecule has 0 bridgehead atoms. The van der Waals surface area contributed by atoms with Crippen LogP contribution in [-0.2, 0) is 0 Å². The topological polar surface area (TPSA) is 12.0 Å². The number of anilines is 1. The second-order valence-corrected chi connectivity index (χ2v) is 7.88. The highest BCUT2D eigenvalue weighted by Crippen LogP contribution is 2.37. The normalized spacial score (nSPS) is 24.2. The fourth-order valence-corrected chi connectivity index (χ4v) is 3.60. The molecule has 112 valence electrons. The van der Waals surface area contributed by atoms with Crippen molar-refractivity contribution < 1.29 is 0 Å². The van der Waals surface area contributed by atoms with Gasteiger partial charge in [-0.1, -0.05) is 50.4 Å². The molecule has 1 fully saturated rings. The first-order chi connectivity index (χ1) is 9.36. The van der Waals surface area contributed by atoms with Gasteiger partial charge in [0.2, 0.25) is 0 Å². The largest absolute Gasteiger partial charge is 0.381 e. The van der Waals surface area contributed by atoms with Gasteiger partial charge in [-0.15, -0.1) is 0 Å². The number of halogens is 2. The van der Waals surface area contributed by atoms with Crippen LogP contribution in [0, 0.1) is 11.3 Å². The summed E-state index contributed by atoms with van der Waals surface area (Å²) in [6, 6.07) is 6.21. The molecular formula is C17H25Cl2N. The van der Waals surface area contributed by atoms with Crippen molar-refractivity contribution in [2.24, 2.45) is 11.3 Å². The summed E-state index contributed by atoms with van der Waals surface area (Å²) in [7, 11) is 0. The molecule has 3 heteroatoms. The first-order valence-corrected chi connectivity index (χ1v) is 8.33. The SMILES string of the molecule is CC(C)(C)C1CCCC(Nc2ccc(Cl)cc2Cl)CC1. The van der Waals surface area contributed by atoms with Crippen LogP contribution < -0.4 is 5.32 Å². The standard InChI is InChI=1S/C17H25Cl2N/c1-17(2,3)12-5-4-6-14(9-7-12)20-16-10-8-13(18)11-15(16)19/h8,10-12,14,20H,4-7,9H2,1-3H3. The lowest BCUT2D eigenvalue weighted by molar-refractivity contribution is 0.214. The van der Waals surface area contributed by atoms with Crippen LogP contribution in [0.15, 0.2) is 18.2 Å². The average Bonchev–Trinajstić information content (AvgIpc) is 2.58. The number of rotatable bonds is 2. The van der Waals surface area contributed by atoms with Crippen LogP contribution in [0.25, 0.3) is 0 Å². The van der Waals surface area contributed by atoms with Gasteiger partial charge in [0.1, 0.15) is 0 Å². The third kappa shape index (κ3) is 4.30. The van der Waals surface area contributed by atoms with Gasteiger partial charge in [-0.25, -0.2) is 0 Å². The molecule has 1 aliphatic carbocycles. The van der Waals surface area contributed by atoms with E-state index in [4.69, 9.17) is 23.2 Å². The van der Waals surface area contributed by atoms with Crippen LogP contribution in [0.4, 0.5) is 5.69 Å². The molecule has 0 saturated heterocycles. The van der Waals surface area contributed by atoms with Gasteiger partial charge in [-0.2, -0.15) is 0 Å². The Morgan fingerprint density at radius 1 is 1.05 bits per heavy atom. The Morgan fingerprint density at radius 2 is 1.80 bits per heavy atom. The fraction of sp³-hybridized carbons (Fsp3) is 0.647. The fourth-order valence-electron chi connectivity index (χ4n) is 3.14. The van der Waals surface area contributed by atoms with E-state index in [9.17, 15) is 0 Å². The molecule has 0 heterocycles. The molecule has 0 amide bonds. The molecule has 1 nitrogen and oxygen atoms in total. The zero-order valence-corrected chi connectivity index (χ0v) is 14.2. The monoisotopic (exact) mass is 313 g/mol. The summed E-state index contributed by atoms with van der Waals surface area (Å²) in [5.74, 6) is 0.829. The highest BCUT2D eigenvalue weighted by molar-refractivity contribution is 6.36. The molecule has 2 rings (SSSR count). The number of hydrogen-bond acceptors (Lipinski definition) is 1. The number of benzene rings is 1. The molecule has 0 aliphatic heterocycles. The van der Waals surface area contributed by atoms with Gasteiger partial charge in [0.05, 0.1) is 10.7 Å². The third-order valence-electron chi connectivity index (χ3n) is 4.48. The predicted octanol–water partition coefficient (Wildman–Crippen LogP) is 6.40. The molecule has 0 spiro atoms. The molecule has 1 aliphatic rings. The van der Waals surface area contributed by atoms with Crippen molar-refractivity contribution in [3.8, 4) is 0 Å². The van der Waals surface area contributed by atoms with Gasteiger partial charge < -0.3 is 5.32 Å². The zero-order chi connectivity index (χ0) is 14.8. The second kappa shape index (κ2) is 6.58. The van der Waals surface area contributed by atoms with E-state index in [2.05, 4.69) is 26.1 Å². The minimum Gasteiger partial charge on any atom is -0.381 e. The van der Waals surface area contributed by atoms with Crippen LogP contribution in [0.5, 0.6) is 0 Å². The molecule has 1 aromatic rings. The minimum absolute atomic E-state index is 0.423. The van der Waals surface area contributed by atoms with Crippen LogP contribution in [0.2, 0.25) is 10.0 Å². The molecule has 0 aromatic heterocycles. The molecular weight excluding hydrogens is 289 g/mol. The highest BCUT2D eigenvalue weighted by atomic mass is 35.5. The molecule has 1 aromatic carbocycles. The lowest BCUT2D eigenvalue weighted by atomic mass is 9.76. The van der Waals surface area contributed by atoms with Gasteiger partial charge in [-0.05, 0) is 55.2 Å². The number of nitrogens with one attached hydrogen (secondary N) is 1. The van der Waals surface area contributed by atoms with Gasteiger partial charge in [0, 0.05) is 11.1 Å². The van der Waals surface area contributed by atoms with Crippen LogP contribution in [0.3, 0.4) is 0 Å². The van der Waals surface area contributed by atoms with Crippen molar-refractivity contribution in [2.75, 3.05) is 5.32 Å². The Labute approximate surface area is 133 Å². The van der Waals surface area contributed by atoms with E-state index >= 15 is 0 Å². The maximum Gasteiger partial charge on any atom is 0.0652 e. The summed E-state index contributed by atoms with van der Waals surface area (Å²) >= 11 is 12.2. The quantitative estimate of drug-likeness (QED) is 0.623. The van der Waals surface area contributed by atoms with Crippen molar-refractivity contribution in [3.05, 3.63) is 28.2 Å². The third-order valence-corrected chi connectivity index (χ3v) is 5.03. The van der Waals surface area contributed by atoms with E-state index in [-0.39, 0.29) is 0 Å². The van der Waals surface area contributed by atoms with E-state index in [1.165, 1.54) is 32.1 Å². The summed E-state index contributed by atoms with van der Waals surface area (Å²) < 4.78 is 0. The van der Waals surface area contributed by atoms with Crippen LogP contribution in [0.1, 0.15) is 52.9 Å². The van der Waals surface area contributed by atoms with Crippen molar-refractivity contribution >= 4 is 28.9 Å². The Kier molecular flexibility index (Phi) is 5.25. The lowest BCUT2D eigenvalue weighted by Crippen LogP contribution is -2.21. The Hall–Kier alpha value is -0.400. The molecule has 20 heavy (non-hydrogen) atoms. The zero-order valence-electron chi connectivity index (χ0n) is 12.7. The molecule has 0 radical (unpaired) electrons. The Bertz CT molecular complexity index is 451. The highest BCUT2D eigenvalue weighted by Gasteiger charge is 2.27. The Morgan fingerprint density at radius 3 is 2.45 bits per heavy atom. The van der Waals surface area contributed by atoms with E-state index in [0.29, 0.717) is 21.5 Å². The van der Waals surface area contributed by atoms with Gasteiger partial charge in [0.15, 0.2) is 0 Å². The lowest BCUT2D eigenvalue weighted by Gasteiger charge is -2.29. The molecule has 2 atom stereocenters. The summed E-state index contributed by atoms with van der Waals surface area (Å²) in [6.45, 7) is 7.09. The molecule has 2 unspecified atom stereocenters. The summed E-state index contributed by atoms with van der Waals surface area (Å²) in [5.41, 5.74) is 1.43. The summed E-state index contributed by atoms with van der Waals surface area (Å²) in [5, 5.41) is 5.00. The van der Waals surface area contributed by atoms with E-state index in [0.717, 1.165) is 11.6 Å². The van der Waals surface area contributed by atoms with Gasteiger partial charge in [0.25, 0.3) is 0 Å². The summed E-state index contributed by atoms with van der Waals surface area (Å²) in [6.07, 6.45) is 6.39. The van der Waals surface area contributed by atoms with Crippen LogP contribution >= 0.6 is 23.2 Å². The predicted molar refractivity (Wildman–Crippen MR) is 89.9 cm³/mol. The van der Waals surface area contributed by atoms with E-state index in [1.807, 2.05) is 12.1 Å². The Balaban J connectivity index is 1.97. The minimum atomic E-state index is 0.423. The molecule has 1 saturated carbocycles. The van der Waals surface area contributed by atoms with E-state index < -0.39 is 0 Å². The number of hydrogen-bond donors (Lipinski definition) is 1. The van der Waals surface area contributed by atoms with Crippen molar-refractivity contribution in [1.29, 1.82) is 0 Å². The smallest absolute Gasteiger partial charge is 0.0652 e. The molecule has 1 N–H and O–H groups in total. The maximum atomic E-state index is 6.24. The second-order valence-electron chi connectivity index (χ2n) is 7.04. The van der Waals surface area contributed by atoms with E-state index in [1.54, 1.807) is 6.07 Å². The van der Waals surface area contributed by atoms with Crippen LogP contribution in [-0.4, -0.2) is 6.04 Å². The summed E-state index contributed by atoms with van der Waals surface area (Å²) in [4.78, 5) is 0. The maximum absolute atomic E-state index is 6.24.